The van der Waals surface area contributed by atoms with Gasteiger partial charge in [0.05, 0.1) is 13.0 Å². The summed E-state index contributed by atoms with van der Waals surface area (Å²) in [5.41, 5.74) is 2.25. The molecule has 2 atom stereocenters. The van der Waals surface area contributed by atoms with Gasteiger partial charge in [-0.1, -0.05) is 25.5 Å². The molecule has 1 fully saturated rings. The molecule has 3 nitrogen and oxygen atoms in total. The van der Waals surface area contributed by atoms with Crippen LogP contribution in [0.3, 0.4) is 0 Å². The first-order valence-electron chi connectivity index (χ1n) is 7.59. The van der Waals surface area contributed by atoms with Gasteiger partial charge in [0.25, 0.3) is 0 Å². The van der Waals surface area contributed by atoms with E-state index >= 15 is 0 Å². The maximum atomic E-state index is 11.5. The third-order valence-corrected chi connectivity index (χ3v) is 4.31. The molecule has 1 aromatic rings. The Morgan fingerprint density at radius 2 is 2.00 bits per heavy atom. The van der Waals surface area contributed by atoms with Crippen molar-refractivity contribution in [2.24, 2.45) is 5.92 Å². The Bertz CT molecular complexity index is 441. The van der Waals surface area contributed by atoms with Gasteiger partial charge < -0.3 is 9.64 Å². The first kappa shape index (κ1) is 14.9. The molecular weight excluding hydrogens is 250 g/mol. The van der Waals surface area contributed by atoms with Crippen molar-refractivity contribution in [2.45, 2.75) is 45.6 Å². The molecule has 1 aromatic carbocycles. The summed E-state index contributed by atoms with van der Waals surface area (Å²) < 4.78 is 4.97. The number of carbonyl (C=O) groups excluding carboxylic acids is 1. The van der Waals surface area contributed by atoms with Crippen LogP contribution in [-0.2, 0) is 16.0 Å². The first-order chi connectivity index (χ1) is 9.61. The summed E-state index contributed by atoms with van der Waals surface area (Å²) in [6.45, 7) is 4.61. The zero-order valence-corrected chi connectivity index (χ0v) is 12.8. The lowest BCUT2D eigenvalue weighted by atomic mass is 10.0. The zero-order valence-electron chi connectivity index (χ0n) is 12.8. The number of rotatable bonds is 5. The van der Waals surface area contributed by atoms with Crippen LogP contribution in [-0.4, -0.2) is 25.7 Å². The standard InChI is InChI=1S/C17H25NO2/c1-4-20-17(19)12-14-8-10-15(11-9-14)18(3)16-7-5-6-13(16)2/h8-11,13,16H,4-7,12H2,1-3H3. The van der Waals surface area contributed by atoms with Gasteiger partial charge in [-0.2, -0.15) is 0 Å². The molecule has 110 valence electrons. The van der Waals surface area contributed by atoms with Gasteiger partial charge in [0.1, 0.15) is 0 Å². The Morgan fingerprint density at radius 1 is 1.30 bits per heavy atom. The van der Waals surface area contributed by atoms with E-state index in [4.69, 9.17) is 4.74 Å². The molecule has 20 heavy (non-hydrogen) atoms. The van der Waals surface area contributed by atoms with Gasteiger partial charge in [-0.3, -0.25) is 4.79 Å². The Morgan fingerprint density at radius 3 is 2.55 bits per heavy atom. The highest BCUT2D eigenvalue weighted by Crippen LogP contribution is 2.31. The van der Waals surface area contributed by atoms with Crippen molar-refractivity contribution in [1.82, 2.24) is 0 Å². The average molecular weight is 275 g/mol. The molecule has 0 saturated heterocycles. The van der Waals surface area contributed by atoms with Crippen LogP contribution in [0.15, 0.2) is 24.3 Å². The average Bonchev–Trinajstić information content (AvgIpc) is 2.85. The minimum Gasteiger partial charge on any atom is -0.466 e. The van der Waals surface area contributed by atoms with Crippen molar-refractivity contribution in [1.29, 1.82) is 0 Å². The van der Waals surface area contributed by atoms with E-state index in [1.165, 1.54) is 24.9 Å². The molecule has 0 bridgehead atoms. The Balaban J connectivity index is 1.98. The lowest BCUT2D eigenvalue weighted by molar-refractivity contribution is -0.142. The minimum atomic E-state index is -0.155. The summed E-state index contributed by atoms with van der Waals surface area (Å²) in [6, 6.07) is 8.93. The molecule has 0 N–H and O–H groups in total. The van der Waals surface area contributed by atoms with Crippen LogP contribution < -0.4 is 4.90 Å². The van der Waals surface area contributed by atoms with Crippen LogP contribution in [0.2, 0.25) is 0 Å². The summed E-state index contributed by atoms with van der Waals surface area (Å²) >= 11 is 0. The second kappa shape index (κ2) is 6.78. The Hall–Kier alpha value is -1.51. The highest BCUT2D eigenvalue weighted by atomic mass is 16.5. The smallest absolute Gasteiger partial charge is 0.310 e. The number of hydrogen-bond acceptors (Lipinski definition) is 3. The number of esters is 1. The fourth-order valence-corrected chi connectivity index (χ4v) is 3.12. The van der Waals surface area contributed by atoms with Crippen molar-refractivity contribution in [2.75, 3.05) is 18.6 Å². The molecule has 2 unspecified atom stereocenters. The van der Waals surface area contributed by atoms with Gasteiger partial charge in [0.15, 0.2) is 0 Å². The van der Waals surface area contributed by atoms with E-state index in [1.807, 2.05) is 19.1 Å². The predicted molar refractivity (Wildman–Crippen MR) is 82.0 cm³/mol. The number of nitrogens with zero attached hydrogens (tertiary/aromatic N) is 1. The van der Waals surface area contributed by atoms with Crippen LogP contribution in [0.4, 0.5) is 5.69 Å². The Kier molecular flexibility index (Phi) is 5.05. The van der Waals surface area contributed by atoms with Crippen molar-refractivity contribution in [3.8, 4) is 0 Å². The minimum absolute atomic E-state index is 0.155. The van der Waals surface area contributed by atoms with Gasteiger partial charge in [-0.05, 0) is 43.4 Å². The highest BCUT2D eigenvalue weighted by Gasteiger charge is 2.26. The number of ether oxygens (including phenoxy) is 1. The van der Waals surface area contributed by atoms with Crippen molar-refractivity contribution < 1.29 is 9.53 Å². The number of benzene rings is 1. The normalized spacial score (nSPS) is 21.8. The van der Waals surface area contributed by atoms with E-state index in [2.05, 4.69) is 31.0 Å². The van der Waals surface area contributed by atoms with Crippen LogP contribution in [0, 0.1) is 5.92 Å². The van der Waals surface area contributed by atoms with Crippen molar-refractivity contribution >= 4 is 11.7 Å². The molecule has 1 aliphatic carbocycles. The SMILES string of the molecule is CCOC(=O)Cc1ccc(N(C)C2CCCC2C)cc1. The predicted octanol–water partition coefficient (Wildman–Crippen LogP) is 3.42. The molecule has 0 aromatic heterocycles. The molecule has 0 amide bonds. The maximum absolute atomic E-state index is 11.5. The summed E-state index contributed by atoms with van der Waals surface area (Å²) in [6.07, 6.45) is 4.30. The number of carbonyl (C=O) groups is 1. The molecule has 0 aliphatic heterocycles. The van der Waals surface area contributed by atoms with Gasteiger partial charge in [0.2, 0.25) is 0 Å². The lowest BCUT2D eigenvalue weighted by Crippen LogP contribution is -2.33. The van der Waals surface area contributed by atoms with E-state index in [9.17, 15) is 4.79 Å². The second-order valence-corrected chi connectivity index (χ2v) is 5.73. The second-order valence-electron chi connectivity index (χ2n) is 5.73. The zero-order chi connectivity index (χ0) is 14.5. The molecular formula is C17H25NO2. The molecule has 2 rings (SSSR count). The molecule has 0 radical (unpaired) electrons. The third-order valence-electron chi connectivity index (χ3n) is 4.31. The van der Waals surface area contributed by atoms with Crippen molar-refractivity contribution in [3.05, 3.63) is 29.8 Å². The van der Waals surface area contributed by atoms with Gasteiger partial charge in [0, 0.05) is 18.8 Å². The van der Waals surface area contributed by atoms with E-state index in [-0.39, 0.29) is 5.97 Å². The van der Waals surface area contributed by atoms with Crippen LogP contribution in [0.5, 0.6) is 0 Å². The first-order valence-corrected chi connectivity index (χ1v) is 7.59. The number of hydrogen-bond donors (Lipinski definition) is 0. The van der Waals surface area contributed by atoms with Crippen molar-refractivity contribution in [3.63, 3.8) is 0 Å². The fourth-order valence-electron chi connectivity index (χ4n) is 3.12. The summed E-state index contributed by atoms with van der Waals surface area (Å²) in [5.74, 6) is 0.609. The van der Waals surface area contributed by atoms with Crippen LogP contribution in [0.1, 0.15) is 38.7 Å². The molecule has 0 spiro atoms. The van der Waals surface area contributed by atoms with Crippen LogP contribution in [0.25, 0.3) is 0 Å². The number of anilines is 1. The highest BCUT2D eigenvalue weighted by molar-refractivity contribution is 5.72. The quantitative estimate of drug-likeness (QED) is 0.771. The lowest BCUT2D eigenvalue weighted by Gasteiger charge is -2.30. The molecule has 0 heterocycles. The summed E-state index contributed by atoms with van der Waals surface area (Å²) in [7, 11) is 2.17. The summed E-state index contributed by atoms with van der Waals surface area (Å²) in [5, 5.41) is 0. The van der Waals surface area contributed by atoms with E-state index in [0.29, 0.717) is 19.1 Å². The molecule has 1 saturated carbocycles. The topological polar surface area (TPSA) is 29.5 Å². The fraction of sp³-hybridized carbons (Fsp3) is 0.588. The van der Waals surface area contributed by atoms with E-state index < -0.39 is 0 Å². The third kappa shape index (κ3) is 3.53. The van der Waals surface area contributed by atoms with Crippen LogP contribution >= 0.6 is 0 Å². The molecule has 3 heteroatoms. The van der Waals surface area contributed by atoms with Gasteiger partial charge in [-0.25, -0.2) is 0 Å². The van der Waals surface area contributed by atoms with Gasteiger partial charge >= 0.3 is 5.97 Å². The molecule has 1 aliphatic rings. The van der Waals surface area contributed by atoms with Gasteiger partial charge in [-0.15, -0.1) is 0 Å². The van der Waals surface area contributed by atoms with E-state index in [0.717, 1.165) is 11.5 Å². The monoisotopic (exact) mass is 275 g/mol. The Labute approximate surface area is 121 Å². The van der Waals surface area contributed by atoms with E-state index in [1.54, 1.807) is 0 Å². The maximum Gasteiger partial charge on any atom is 0.310 e. The largest absolute Gasteiger partial charge is 0.466 e. The summed E-state index contributed by atoms with van der Waals surface area (Å²) in [4.78, 5) is 13.8.